The Hall–Kier alpha value is -0.870. The van der Waals surface area contributed by atoms with Gasteiger partial charge < -0.3 is 0 Å². The van der Waals surface area contributed by atoms with Gasteiger partial charge in [0.15, 0.2) is 0 Å². The molecule has 1 fully saturated rings. The molecule has 3 unspecified atom stereocenters. The molecule has 1 aliphatic rings. The van der Waals surface area contributed by atoms with E-state index in [9.17, 15) is 0 Å². The second-order valence-electron chi connectivity index (χ2n) is 4.96. The van der Waals surface area contributed by atoms with Crippen LogP contribution in [-0.2, 0) is 19.9 Å². The van der Waals surface area contributed by atoms with Gasteiger partial charge in [-0.15, -0.1) is 0 Å². The first-order valence-electron chi connectivity index (χ1n) is 6.13. The summed E-state index contributed by atoms with van der Waals surface area (Å²) >= 11 is 0. The molecule has 0 amide bonds. The van der Waals surface area contributed by atoms with Crippen LogP contribution in [-0.4, -0.2) is 15.8 Å². The van der Waals surface area contributed by atoms with Crippen molar-refractivity contribution in [3.05, 3.63) is 17.5 Å². The van der Waals surface area contributed by atoms with Crippen molar-refractivity contribution in [2.45, 2.75) is 39.2 Å². The number of rotatable bonds is 5. The molecule has 2 rings (SSSR count). The van der Waals surface area contributed by atoms with Gasteiger partial charge >= 0.3 is 0 Å². The van der Waals surface area contributed by atoms with Gasteiger partial charge in [-0.1, -0.05) is 13.8 Å². The van der Waals surface area contributed by atoms with Crippen LogP contribution in [0.2, 0.25) is 0 Å². The number of nitrogens with one attached hydrogen (secondary N) is 1. The van der Waals surface area contributed by atoms with Gasteiger partial charge in [-0.25, -0.2) is 0 Å². The lowest BCUT2D eigenvalue weighted by Crippen LogP contribution is -2.39. The summed E-state index contributed by atoms with van der Waals surface area (Å²) in [6.45, 7) is 4.42. The number of nitrogens with zero attached hydrogens (tertiary/aromatic N) is 2. The van der Waals surface area contributed by atoms with Gasteiger partial charge in [0.2, 0.25) is 0 Å². The molecule has 4 nitrogen and oxygen atoms in total. The summed E-state index contributed by atoms with van der Waals surface area (Å²) in [6, 6.07) is 2.59. The van der Waals surface area contributed by atoms with Gasteiger partial charge in [-0.2, -0.15) is 5.10 Å². The molecule has 0 saturated heterocycles. The van der Waals surface area contributed by atoms with E-state index in [-0.39, 0.29) is 0 Å². The highest BCUT2D eigenvalue weighted by Gasteiger charge is 2.39. The molecule has 0 radical (unpaired) electrons. The molecule has 1 saturated carbocycles. The van der Waals surface area contributed by atoms with E-state index in [2.05, 4.69) is 30.4 Å². The van der Waals surface area contributed by atoms with Crippen LogP contribution in [0, 0.1) is 11.8 Å². The van der Waals surface area contributed by atoms with Gasteiger partial charge in [-0.05, 0) is 30.7 Å². The molecule has 1 aromatic rings. The molecular formula is C12H22N4. The Morgan fingerprint density at radius 2 is 2.38 bits per heavy atom. The summed E-state index contributed by atoms with van der Waals surface area (Å²) in [5.74, 6) is 7.19. The second-order valence-corrected chi connectivity index (χ2v) is 4.96. The molecule has 0 aromatic carbocycles. The average molecular weight is 222 g/mol. The van der Waals surface area contributed by atoms with Gasteiger partial charge in [0.1, 0.15) is 0 Å². The lowest BCUT2D eigenvalue weighted by atomic mass is 10.1. The quantitative estimate of drug-likeness (QED) is 0.577. The fourth-order valence-corrected chi connectivity index (χ4v) is 2.41. The van der Waals surface area contributed by atoms with Crippen molar-refractivity contribution >= 4 is 0 Å². The Balaban J connectivity index is 2.03. The van der Waals surface area contributed by atoms with E-state index in [0.717, 1.165) is 30.4 Å². The molecule has 1 heterocycles. The van der Waals surface area contributed by atoms with Gasteiger partial charge in [0.05, 0.1) is 5.69 Å². The summed E-state index contributed by atoms with van der Waals surface area (Å²) in [6.07, 6.45) is 3.27. The van der Waals surface area contributed by atoms with Crippen LogP contribution >= 0.6 is 0 Å². The summed E-state index contributed by atoms with van der Waals surface area (Å²) < 4.78 is 1.98. The SMILES string of the molecule is CCc1cc(CC(NN)C2CC2C)n(C)n1. The lowest BCUT2D eigenvalue weighted by Gasteiger charge is -2.15. The molecule has 3 atom stereocenters. The second kappa shape index (κ2) is 4.55. The van der Waals surface area contributed by atoms with Crippen LogP contribution in [0.4, 0.5) is 0 Å². The molecule has 0 bridgehead atoms. The zero-order valence-electron chi connectivity index (χ0n) is 10.4. The Bertz CT molecular complexity index is 358. The highest BCUT2D eigenvalue weighted by molar-refractivity contribution is 5.12. The molecular weight excluding hydrogens is 200 g/mol. The molecule has 4 heteroatoms. The first-order chi connectivity index (χ1) is 7.65. The van der Waals surface area contributed by atoms with Crippen molar-refractivity contribution in [1.82, 2.24) is 15.2 Å². The summed E-state index contributed by atoms with van der Waals surface area (Å²) in [4.78, 5) is 0. The third kappa shape index (κ3) is 2.28. The average Bonchev–Trinajstić information content (AvgIpc) is 2.88. The van der Waals surface area contributed by atoms with Crippen LogP contribution in [0.25, 0.3) is 0 Å². The maximum absolute atomic E-state index is 5.63. The van der Waals surface area contributed by atoms with E-state index in [1.807, 2.05) is 11.7 Å². The minimum Gasteiger partial charge on any atom is -0.272 e. The van der Waals surface area contributed by atoms with E-state index in [0.29, 0.717) is 6.04 Å². The number of nitrogens with two attached hydrogens (primary N) is 1. The molecule has 0 spiro atoms. The van der Waals surface area contributed by atoms with E-state index in [4.69, 9.17) is 5.84 Å². The smallest absolute Gasteiger partial charge is 0.0624 e. The first-order valence-corrected chi connectivity index (χ1v) is 6.13. The number of hydrogen-bond acceptors (Lipinski definition) is 3. The van der Waals surface area contributed by atoms with Crippen LogP contribution in [0.3, 0.4) is 0 Å². The Morgan fingerprint density at radius 1 is 1.69 bits per heavy atom. The standard InChI is InChI=1S/C12H22N4/c1-4-9-6-10(16(3)15-9)7-12(14-13)11-5-8(11)2/h6,8,11-12,14H,4-5,7,13H2,1-3H3. The zero-order chi connectivity index (χ0) is 11.7. The molecule has 0 aliphatic heterocycles. The van der Waals surface area contributed by atoms with Crippen molar-refractivity contribution in [2.75, 3.05) is 0 Å². The van der Waals surface area contributed by atoms with E-state index in [1.54, 1.807) is 0 Å². The van der Waals surface area contributed by atoms with Crippen molar-refractivity contribution in [3.8, 4) is 0 Å². The van der Waals surface area contributed by atoms with Gasteiger partial charge in [-0.3, -0.25) is 16.0 Å². The van der Waals surface area contributed by atoms with E-state index >= 15 is 0 Å². The highest BCUT2D eigenvalue weighted by Crippen LogP contribution is 2.41. The van der Waals surface area contributed by atoms with E-state index < -0.39 is 0 Å². The van der Waals surface area contributed by atoms with E-state index in [1.165, 1.54) is 12.1 Å². The van der Waals surface area contributed by atoms with Gasteiger partial charge in [0, 0.05) is 25.2 Å². The number of hydrazine groups is 1. The maximum Gasteiger partial charge on any atom is 0.0624 e. The van der Waals surface area contributed by atoms with Crippen molar-refractivity contribution in [3.63, 3.8) is 0 Å². The normalized spacial score (nSPS) is 25.8. The lowest BCUT2D eigenvalue weighted by molar-refractivity contribution is 0.443. The van der Waals surface area contributed by atoms with Crippen LogP contribution in [0.15, 0.2) is 6.07 Å². The molecule has 16 heavy (non-hydrogen) atoms. The molecule has 90 valence electrons. The monoisotopic (exact) mass is 222 g/mol. The minimum atomic E-state index is 0.398. The number of hydrogen-bond donors (Lipinski definition) is 2. The summed E-state index contributed by atoms with van der Waals surface area (Å²) in [5, 5.41) is 4.46. The first kappa shape index (κ1) is 11.6. The van der Waals surface area contributed by atoms with Crippen LogP contribution in [0.1, 0.15) is 31.7 Å². The van der Waals surface area contributed by atoms with Gasteiger partial charge in [0.25, 0.3) is 0 Å². The van der Waals surface area contributed by atoms with Crippen LogP contribution < -0.4 is 11.3 Å². The topological polar surface area (TPSA) is 55.9 Å². The van der Waals surface area contributed by atoms with Crippen LogP contribution in [0.5, 0.6) is 0 Å². The predicted octanol–water partition coefficient (Wildman–Crippen LogP) is 1.01. The largest absolute Gasteiger partial charge is 0.272 e. The Labute approximate surface area is 97.2 Å². The fourth-order valence-electron chi connectivity index (χ4n) is 2.41. The molecule has 3 N–H and O–H groups in total. The number of aryl methyl sites for hydroxylation is 2. The van der Waals surface area contributed by atoms with Crippen molar-refractivity contribution in [1.29, 1.82) is 0 Å². The Kier molecular flexibility index (Phi) is 3.30. The van der Waals surface area contributed by atoms with Crippen molar-refractivity contribution in [2.24, 2.45) is 24.7 Å². The zero-order valence-corrected chi connectivity index (χ0v) is 10.4. The number of aromatic nitrogens is 2. The maximum atomic E-state index is 5.63. The predicted molar refractivity (Wildman–Crippen MR) is 64.7 cm³/mol. The summed E-state index contributed by atoms with van der Waals surface area (Å²) in [7, 11) is 2.01. The third-order valence-electron chi connectivity index (χ3n) is 3.72. The minimum absolute atomic E-state index is 0.398. The Morgan fingerprint density at radius 3 is 2.81 bits per heavy atom. The fraction of sp³-hybridized carbons (Fsp3) is 0.750. The highest BCUT2D eigenvalue weighted by atomic mass is 15.3. The summed E-state index contributed by atoms with van der Waals surface area (Å²) in [5.41, 5.74) is 5.40. The van der Waals surface area contributed by atoms with Crippen molar-refractivity contribution < 1.29 is 0 Å². The molecule has 1 aliphatic carbocycles. The molecule has 1 aromatic heterocycles. The third-order valence-corrected chi connectivity index (χ3v) is 3.72.